The van der Waals surface area contributed by atoms with Crippen LogP contribution < -0.4 is 0 Å². The zero-order valence-electron chi connectivity index (χ0n) is 9.72. The molecule has 0 heterocycles. The summed E-state index contributed by atoms with van der Waals surface area (Å²) >= 11 is 0. The van der Waals surface area contributed by atoms with E-state index >= 15 is 0 Å². The molecule has 0 spiro atoms. The van der Waals surface area contributed by atoms with Crippen molar-refractivity contribution in [3.63, 3.8) is 0 Å². The van der Waals surface area contributed by atoms with E-state index in [9.17, 15) is 9.90 Å². The summed E-state index contributed by atoms with van der Waals surface area (Å²) in [6.07, 6.45) is 3.03. The van der Waals surface area contributed by atoms with Crippen molar-refractivity contribution in [3.8, 4) is 0 Å². The van der Waals surface area contributed by atoms with Crippen molar-refractivity contribution in [3.05, 3.63) is 11.6 Å². The van der Waals surface area contributed by atoms with E-state index in [1.807, 2.05) is 20.8 Å². The van der Waals surface area contributed by atoms with Crippen LogP contribution >= 0.6 is 0 Å². The monoisotopic (exact) mass is 196 g/mol. The fraction of sp³-hybridized carbons (Fsp3) is 0.750. The lowest BCUT2D eigenvalue weighted by Gasteiger charge is -2.43. The number of rotatable bonds is 1. The Morgan fingerprint density at radius 2 is 1.93 bits per heavy atom. The first-order valence-electron chi connectivity index (χ1n) is 5.08. The standard InChI is InChI=1S/C12H20O2/c1-8-6-11(2,3)7-12(4,5)9(8)10(13)14/h6,9H,7H2,1-5H3,(H,13,14). The van der Waals surface area contributed by atoms with E-state index in [1.54, 1.807) is 0 Å². The van der Waals surface area contributed by atoms with Crippen LogP contribution in [0.3, 0.4) is 0 Å². The summed E-state index contributed by atoms with van der Waals surface area (Å²) in [5.74, 6) is -1.02. The largest absolute Gasteiger partial charge is 0.481 e. The molecule has 0 bridgehead atoms. The number of hydrogen-bond acceptors (Lipinski definition) is 1. The molecule has 0 radical (unpaired) electrons. The molecule has 0 aliphatic heterocycles. The Labute approximate surface area is 86.0 Å². The van der Waals surface area contributed by atoms with Gasteiger partial charge in [-0.3, -0.25) is 4.79 Å². The summed E-state index contributed by atoms with van der Waals surface area (Å²) in [6.45, 7) is 10.3. The second-order valence-corrected chi connectivity index (χ2v) is 5.81. The van der Waals surface area contributed by atoms with Crippen LogP contribution in [-0.4, -0.2) is 11.1 Å². The van der Waals surface area contributed by atoms with Gasteiger partial charge in [0.2, 0.25) is 0 Å². The van der Waals surface area contributed by atoms with E-state index in [0.717, 1.165) is 12.0 Å². The van der Waals surface area contributed by atoms with Crippen molar-refractivity contribution < 1.29 is 9.90 Å². The number of carbonyl (C=O) groups is 1. The molecule has 0 aromatic carbocycles. The molecule has 0 saturated carbocycles. The first-order chi connectivity index (χ1) is 6.16. The lowest BCUT2D eigenvalue weighted by atomic mass is 9.61. The lowest BCUT2D eigenvalue weighted by Crippen LogP contribution is -2.39. The van der Waals surface area contributed by atoms with Crippen molar-refractivity contribution in [1.82, 2.24) is 0 Å². The molecule has 80 valence electrons. The molecule has 1 unspecified atom stereocenters. The second-order valence-electron chi connectivity index (χ2n) is 5.81. The second kappa shape index (κ2) is 3.11. The van der Waals surface area contributed by atoms with Crippen molar-refractivity contribution in [2.75, 3.05) is 0 Å². The maximum Gasteiger partial charge on any atom is 0.311 e. The highest BCUT2D eigenvalue weighted by Gasteiger charge is 2.43. The molecule has 0 aromatic heterocycles. The summed E-state index contributed by atoms with van der Waals surface area (Å²) < 4.78 is 0. The van der Waals surface area contributed by atoms with Crippen molar-refractivity contribution in [2.45, 2.75) is 41.0 Å². The van der Waals surface area contributed by atoms with E-state index in [4.69, 9.17) is 0 Å². The van der Waals surface area contributed by atoms with Gasteiger partial charge in [0.05, 0.1) is 5.92 Å². The highest BCUT2D eigenvalue weighted by atomic mass is 16.4. The zero-order chi connectivity index (χ0) is 11.1. The van der Waals surface area contributed by atoms with Crippen LogP contribution in [-0.2, 0) is 4.79 Å². The summed E-state index contributed by atoms with van der Waals surface area (Å²) in [7, 11) is 0. The predicted octanol–water partition coefficient (Wildman–Crippen LogP) is 3.09. The zero-order valence-corrected chi connectivity index (χ0v) is 9.72. The Bertz CT molecular complexity index is 285. The molecule has 2 heteroatoms. The van der Waals surface area contributed by atoms with Gasteiger partial charge in [0, 0.05) is 0 Å². The van der Waals surface area contributed by atoms with Crippen LogP contribution in [0.2, 0.25) is 0 Å². The molecular weight excluding hydrogens is 176 g/mol. The molecule has 0 saturated heterocycles. The molecule has 1 N–H and O–H groups in total. The molecule has 1 aliphatic rings. The van der Waals surface area contributed by atoms with E-state index in [0.29, 0.717) is 0 Å². The molecule has 1 atom stereocenters. The summed E-state index contributed by atoms with van der Waals surface area (Å²) in [5.41, 5.74) is 0.979. The minimum Gasteiger partial charge on any atom is -0.481 e. The molecular formula is C12H20O2. The van der Waals surface area contributed by atoms with E-state index < -0.39 is 5.97 Å². The Morgan fingerprint density at radius 3 is 2.29 bits per heavy atom. The fourth-order valence-corrected chi connectivity index (χ4v) is 3.17. The number of carboxylic acids is 1. The SMILES string of the molecule is CC1=CC(C)(C)CC(C)(C)C1C(=O)O. The topological polar surface area (TPSA) is 37.3 Å². The molecule has 0 aromatic rings. The Kier molecular flexibility index (Phi) is 2.51. The number of aliphatic carboxylic acids is 1. The lowest BCUT2D eigenvalue weighted by molar-refractivity contribution is -0.145. The van der Waals surface area contributed by atoms with Crippen LogP contribution in [0.15, 0.2) is 11.6 Å². The molecule has 2 nitrogen and oxygen atoms in total. The van der Waals surface area contributed by atoms with Crippen LogP contribution in [0.5, 0.6) is 0 Å². The van der Waals surface area contributed by atoms with Gasteiger partial charge in [-0.15, -0.1) is 0 Å². The summed E-state index contributed by atoms with van der Waals surface area (Å²) in [5, 5.41) is 9.17. The van der Waals surface area contributed by atoms with Crippen LogP contribution in [0.1, 0.15) is 41.0 Å². The minimum absolute atomic E-state index is 0.125. The Morgan fingerprint density at radius 1 is 1.43 bits per heavy atom. The van der Waals surface area contributed by atoms with Gasteiger partial charge in [-0.1, -0.05) is 39.3 Å². The molecule has 0 amide bonds. The van der Waals surface area contributed by atoms with Crippen LogP contribution in [0.4, 0.5) is 0 Å². The summed E-state index contributed by atoms with van der Waals surface area (Å²) in [6, 6.07) is 0. The van der Waals surface area contributed by atoms with Gasteiger partial charge in [0.1, 0.15) is 0 Å². The smallest absolute Gasteiger partial charge is 0.311 e. The van der Waals surface area contributed by atoms with Gasteiger partial charge in [-0.25, -0.2) is 0 Å². The van der Waals surface area contributed by atoms with Crippen LogP contribution in [0, 0.1) is 16.7 Å². The van der Waals surface area contributed by atoms with E-state index in [2.05, 4.69) is 19.9 Å². The van der Waals surface area contributed by atoms with Crippen molar-refractivity contribution in [1.29, 1.82) is 0 Å². The first-order valence-corrected chi connectivity index (χ1v) is 5.08. The van der Waals surface area contributed by atoms with Gasteiger partial charge in [-0.2, -0.15) is 0 Å². The van der Waals surface area contributed by atoms with Gasteiger partial charge >= 0.3 is 5.97 Å². The molecule has 1 aliphatic carbocycles. The third-order valence-corrected chi connectivity index (χ3v) is 3.01. The molecule has 14 heavy (non-hydrogen) atoms. The maximum atomic E-state index is 11.2. The van der Waals surface area contributed by atoms with E-state index in [1.165, 1.54) is 0 Å². The third kappa shape index (κ3) is 1.99. The summed E-state index contributed by atoms with van der Waals surface area (Å²) in [4.78, 5) is 11.2. The first kappa shape index (κ1) is 11.3. The van der Waals surface area contributed by atoms with Gasteiger partial charge in [-0.05, 0) is 24.2 Å². The van der Waals surface area contributed by atoms with Gasteiger partial charge in [0.25, 0.3) is 0 Å². The van der Waals surface area contributed by atoms with Crippen molar-refractivity contribution >= 4 is 5.97 Å². The maximum absolute atomic E-state index is 11.2. The quantitative estimate of drug-likeness (QED) is 0.654. The number of allylic oxidation sites excluding steroid dienone is 1. The van der Waals surface area contributed by atoms with Gasteiger partial charge in [0.15, 0.2) is 0 Å². The highest BCUT2D eigenvalue weighted by Crippen LogP contribution is 2.48. The van der Waals surface area contributed by atoms with E-state index in [-0.39, 0.29) is 16.7 Å². The Balaban J connectivity index is 3.14. The molecule has 1 rings (SSSR count). The van der Waals surface area contributed by atoms with Gasteiger partial charge < -0.3 is 5.11 Å². The predicted molar refractivity (Wildman–Crippen MR) is 57.1 cm³/mol. The average Bonchev–Trinajstić information content (AvgIpc) is 1.75. The number of carboxylic acid groups (broad SMARTS) is 1. The average molecular weight is 196 g/mol. The van der Waals surface area contributed by atoms with Crippen molar-refractivity contribution in [2.24, 2.45) is 16.7 Å². The minimum atomic E-state index is -0.695. The highest BCUT2D eigenvalue weighted by molar-refractivity contribution is 5.75. The van der Waals surface area contributed by atoms with Crippen LogP contribution in [0.25, 0.3) is 0 Å². The molecule has 0 fully saturated rings. The number of hydrogen-bond donors (Lipinski definition) is 1. The normalized spacial score (nSPS) is 29.5. The third-order valence-electron chi connectivity index (χ3n) is 3.01. The Hall–Kier alpha value is -0.790. The fourth-order valence-electron chi connectivity index (χ4n) is 3.17.